The van der Waals surface area contributed by atoms with E-state index >= 15 is 0 Å². The van der Waals surface area contributed by atoms with Gasteiger partial charge in [0.05, 0.1) is 11.6 Å². The number of halogens is 1. The highest BCUT2D eigenvalue weighted by Crippen LogP contribution is 2.39. The van der Waals surface area contributed by atoms with E-state index < -0.39 is 5.41 Å². The first kappa shape index (κ1) is 14.8. The molecule has 0 atom stereocenters. The Labute approximate surface area is 134 Å². The first-order chi connectivity index (χ1) is 10.4. The molecule has 1 aliphatic rings. The van der Waals surface area contributed by atoms with Crippen LogP contribution in [0.4, 0.5) is 17.2 Å². The van der Waals surface area contributed by atoms with Crippen LogP contribution in [0.1, 0.15) is 13.8 Å². The number of rotatable bonds is 1. The zero-order valence-corrected chi connectivity index (χ0v) is 13.5. The van der Waals surface area contributed by atoms with Gasteiger partial charge >= 0.3 is 0 Å². The Morgan fingerprint density at radius 3 is 2.59 bits per heavy atom. The number of nitrogens with zero attached hydrogens (tertiary/aromatic N) is 4. The van der Waals surface area contributed by atoms with Gasteiger partial charge in [0.25, 0.3) is 0 Å². The van der Waals surface area contributed by atoms with Crippen LogP contribution in [0.25, 0.3) is 0 Å². The number of aromatic nitrogens is 2. The number of hydrogen-bond acceptors (Lipinski definition) is 4. The average Bonchev–Trinajstić information content (AvgIpc) is 2.58. The van der Waals surface area contributed by atoms with E-state index in [1.54, 1.807) is 18.1 Å². The van der Waals surface area contributed by atoms with E-state index in [9.17, 15) is 4.79 Å². The summed E-state index contributed by atoms with van der Waals surface area (Å²) in [5.41, 5.74) is 1.07. The molecule has 0 saturated heterocycles. The minimum absolute atomic E-state index is 0.0260. The van der Waals surface area contributed by atoms with E-state index in [1.807, 2.05) is 49.1 Å². The lowest BCUT2D eigenvalue weighted by atomic mass is 9.91. The van der Waals surface area contributed by atoms with Gasteiger partial charge in [0.1, 0.15) is 5.69 Å². The highest BCUT2D eigenvalue weighted by atomic mass is 35.5. The lowest BCUT2D eigenvalue weighted by molar-refractivity contribution is -0.125. The van der Waals surface area contributed by atoms with Crippen molar-refractivity contribution in [2.24, 2.45) is 5.41 Å². The zero-order chi connectivity index (χ0) is 15.9. The van der Waals surface area contributed by atoms with Crippen molar-refractivity contribution in [2.45, 2.75) is 13.8 Å². The molecule has 2 heterocycles. The van der Waals surface area contributed by atoms with Gasteiger partial charge in [-0.25, -0.2) is 4.98 Å². The summed E-state index contributed by atoms with van der Waals surface area (Å²) in [6.07, 6.45) is 1.60. The Bertz CT molecular complexity index is 717. The summed E-state index contributed by atoms with van der Waals surface area (Å²) in [5.74, 6) is 0.672. The third kappa shape index (κ3) is 2.41. The van der Waals surface area contributed by atoms with E-state index in [4.69, 9.17) is 11.6 Å². The standard InChI is InChI=1S/C16H17ClN4O/c1-16(2)10-21(11-7-5-4-6-8-11)13-12(20(3)14(16)22)9-18-15(17)19-13/h4-9H,10H2,1-3H3. The number of carbonyl (C=O) groups excluding carboxylic acids is 1. The summed E-state index contributed by atoms with van der Waals surface area (Å²) in [6, 6.07) is 9.86. The van der Waals surface area contributed by atoms with Crippen molar-refractivity contribution in [3.8, 4) is 0 Å². The van der Waals surface area contributed by atoms with Crippen LogP contribution >= 0.6 is 11.6 Å². The van der Waals surface area contributed by atoms with Gasteiger partial charge in [0.15, 0.2) is 5.82 Å². The van der Waals surface area contributed by atoms with Crippen LogP contribution in [-0.2, 0) is 4.79 Å². The lowest BCUT2D eigenvalue weighted by Crippen LogP contribution is -2.41. The SMILES string of the molecule is CN1C(=O)C(C)(C)CN(c2ccccc2)c2nc(Cl)ncc21. The maximum absolute atomic E-state index is 12.7. The molecule has 22 heavy (non-hydrogen) atoms. The molecule has 0 bridgehead atoms. The number of amides is 1. The van der Waals surface area contributed by atoms with Gasteiger partial charge in [0.2, 0.25) is 11.2 Å². The van der Waals surface area contributed by atoms with Gasteiger partial charge in [-0.05, 0) is 37.6 Å². The van der Waals surface area contributed by atoms with Crippen LogP contribution in [-0.4, -0.2) is 29.5 Å². The predicted molar refractivity (Wildman–Crippen MR) is 87.7 cm³/mol. The fourth-order valence-electron chi connectivity index (χ4n) is 2.70. The summed E-state index contributed by atoms with van der Waals surface area (Å²) < 4.78 is 0. The molecule has 0 saturated carbocycles. The van der Waals surface area contributed by atoms with Crippen LogP contribution in [0.2, 0.25) is 5.28 Å². The summed E-state index contributed by atoms with van der Waals surface area (Å²) in [5, 5.41) is 0.167. The molecule has 1 aromatic carbocycles. The molecule has 0 radical (unpaired) electrons. The van der Waals surface area contributed by atoms with E-state index in [2.05, 4.69) is 9.97 Å². The largest absolute Gasteiger partial charge is 0.323 e. The normalized spacial score (nSPS) is 17.2. The monoisotopic (exact) mass is 316 g/mol. The summed E-state index contributed by atoms with van der Waals surface area (Å²) >= 11 is 5.99. The van der Waals surface area contributed by atoms with Gasteiger partial charge < -0.3 is 9.80 Å². The van der Waals surface area contributed by atoms with Crippen LogP contribution < -0.4 is 9.80 Å². The van der Waals surface area contributed by atoms with Crippen LogP contribution in [0.15, 0.2) is 36.5 Å². The van der Waals surface area contributed by atoms with Gasteiger partial charge in [-0.1, -0.05) is 18.2 Å². The maximum Gasteiger partial charge on any atom is 0.234 e. The van der Waals surface area contributed by atoms with Crippen molar-refractivity contribution < 1.29 is 4.79 Å². The number of fused-ring (bicyclic) bond motifs is 1. The fraction of sp³-hybridized carbons (Fsp3) is 0.312. The van der Waals surface area contributed by atoms with Crippen molar-refractivity contribution in [1.29, 1.82) is 0 Å². The second-order valence-electron chi connectivity index (χ2n) is 6.02. The Kier molecular flexibility index (Phi) is 3.53. The number of carbonyl (C=O) groups is 1. The molecule has 5 nitrogen and oxygen atoms in total. The highest BCUT2D eigenvalue weighted by Gasteiger charge is 2.39. The molecule has 0 unspecified atom stereocenters. The van der Waals surface area contributed by atoms with Crippen LogP contribution in [0.5, 0.6) is 0 Å². The van der Waals surface area contributed by atoms with Gasteiger partial charge in [0, 0.05) is 19.3 Å². The molecule has 1 amide bonds. The number of benzene rings is 1. The van der Waals surface area contributed by atoms with Crippen molar-refractivity contribution in [2.75, 3.05) is 23.4 Å². The molecule has 1 aromatic heterocycles. The molecule has 0 aliphatic carbocycles. The second-order valence-corrected chi connectivity index (χ2v) is 6.36. The summed E-state index contributed by atoms with van der Waals surface area (Å²) in [6.45, 7) is 4.38. The second kappa shape index (κ2) is 5.25. The van der Waals surface area contributed by atoms with Crippen LogP contribution in [0, 0.1) is 5.41 Å². The minimum Gasteiger partial charge on any atom is -0.323 e. The zero-order valence-electron chi connectivity index (χ0n) is 12.7. The highest BCUT2D eigenvalue weighted by molar-refractivity contribution is 6.28. The van der Waals surface area contributed by atoms with Gasteiger partial charge in [-0.15, -0.1) is 0 Å². The molecule has 1 aliphatic heterocycles. The molecular weight excluding hydrogens is 300 g/mol. The molecule has 2 aromatic rings. The Hall–Kier alpha value is -2.14. The third-order valence-corrected chi connectivity index (χ3v) is 4.02. The number of para-hydroxylation sites is 1. The lowest BCUT2D eigenvalue weighted by Gasteiger charge is -2.29. The minimum atomic E-state index is -0.558. The number of anilines is 3. The summed E-state index contributed by atoms with van der Waals surface area (Å²) in [4.78, 5) is 24.7. The Balaban J connectivity index is 2.22. The Morgan fingerprint density at radius 2 is 1.91 bits per heavy atom. The molecule has 114 valence electrons. The van der Waals surface area contributed by atoms with Crippen LogP contribution in [0.3, 0.4) is 0 Å². The predicted octanol–water partition coefficient (Wildman–Crippen LogP) is 3.27. The van der Waals surface area contributed by atoms with Crippen molar-refractivity contribution >= 4 is 34.7 Å². The van der Waals surface area contributed by atoms with Crippen molar-refractivity contribution in [1.82, 2.24) is 9.97 Å². The fourth-order valence-corrected chi connectivity index (χ4v) is 2.83. The van der Waals surface area contributed by atoms with E-state index in [0.29, 0.717) is 18.1 Å². The molecular formula is C16H17ClN4O. The third-order valence-electron chi connectivity index (χ3n) is 3.84. The van der Waals surface area contributed by atoms with Gasteiger partial charge in [-0.2, -0.15) is 4.98 Å². The topological polar surface area (TPSA) is 49.3 Å². The van der Waals surface area contributed by atoms with Crippen molar-refractivity contribution in [3.63, 3.8) is 0 Å². The van der Waals surface area contributed by atoms with E-state index in [0.717, 1.165) is 5.69 Å². The molecule has 0 N–H and O–H groups in total. The maximum atomic E-state index is 12.7. The van der Waals surface area contributed by atoms with Gasteiger partial charge in [-0.3, -0.25) is 4.79 Å². The quantitative estimate of drug-likeness (QED) is 0.758. The van der Waals surface area contributed by atoms with E-state index in [1.165, 1.54) is 0 Å². The summed E-state index contributed by atoms with van der Waals surface area (Å²) in [7, 11) is 1.74. The molecule has 6 heteroatoms. The first-order valence-electron chi connectivity index (χ1n) is 7.03. The average molecular weight is 317 g/mol. The van der Waals surface area contributed by atoms with E-state index in [-0.39, 0.29) is 11.2 Å². The number of hydrogen-bond donors (Lipinski definition) is 0. The smallest absolute Gasteiger partial charge is 0.234 e. The van der Waals surface area contributed by atoms with Crippen molar-refractivity contribution in [3.05, 3.63) is 41.8 Å². The first-order valence-corrected chi connectivity index (χ1v) is 7.41. The molecule has 0 fully saturated rings. The molecule has 3 rings (SSSR count). The Morgan fingerprint density at radius 1 is 1.23 bits per heavy atom. The molecule has 0 spiro atoms.